The Labute approximate surface area is 202 Å². The highest BCUT2D eigenvalue weighted by Crippen LogP contribution is 2.38. The first kappa shape index (κ1) is 24.7. The predicted octanol–water partition coefficient (Wildman–Crippen LogP) is 5.63. The van der Waals surface area contributed by atoms with Crippen molar-refractivity contribution in [3.63, 3.8) is 0 Å². The van der Waals surface area contributed by atoms with Gasteiger partial charge in [0, 0.05) is 20.2 Å². The summed E-state index contributed by atoms with van der Waals surface area (Å²) in [5, 5.41) is 11.8. The van der Waals surface area contributed by atoms with Crippen LogP contribution in [0.4, 0.5) is 13.2 Å². The van der Waals surface area contributed by atoms with Crippen LogP contribution in [0.3, 0.4) is 0 Å². The first-order valence-corrected chi connectivity index (χ1v) is 11.2. The van der Waals surface area contributed by atoms with Gasteiger partial charge in [-0.05, 0) is 65.2 Å². The van der Waals surface area contributed by atoms with Crippen LogP contribution in [0.1, 0.15) is 28.2 Å². The number of rotatable bonds is 10. The molecule has 0 saturated heterocycles. The fourth-order valence-corrected chi connectivity index (χ4v) is 4.08. The summed E-state index contributed by atoms with van der Waals surface area (Å²) in [4.78, 5) is 2.02. The molecule has 3 aromatic carbocycles. The molecule has 0 aliphatic heterocycles. The smallest absolute Gasteiger partial charge is 0.173 e. The van der Waals surface area contributed by atoms with Crippen LogP contribution in [0.2, 0.25) is 0 Å². The van der Waals surface area contributed by atoms with Crippen molar-refractivity contribution >= 4 is 0 Å². The molecule has 4 nitrogen and oxygen atoms in total. The maximum atomic E-state index is 14.1. The largest absolute Gasteiger partial charge is 0.461 e. The summed E-state index contributed by atoms with van der Waals surface area (Å²) in [5.41, 5.74) is -0.702. The summed E-state index contributed by atoms with van der Waals surface area (Å²) in [6.45, 7) is 1.82. The van der Waals surface area contributed by atoms with Gasteiger partial charge < -0.3 is 14.3 Å². The second kappa shape index (κ2) is 10.9. The van der Waals surface area contributed by atoms with E-state index in [9.17, 15) is 18.3 Å². The Morgan fingerprint density at radius 3 is 1.97 bits per heavy atom. The summed E-state index contributed by atoms with van der Waals surface area (Å²) in [6.07, 6.45) is 0. The van der Waals surface area contributed by atoms with Crippen molar-refractivity contribution in [3.05, 3.63) is 131 Å². The monoisotopic (exact) mass is 481 g/mol. The highest BCUT2D eigenvalue weighted by atomic mass is 19.1. The Kier molecular flexibility index (Phi) is 7.70. The normalized spacial score (nSPS) is 11.8. The molecule has 0 bridgehead atoms. The number of furan rings is 1. The van der Waals surface area contributed by atoms with Gasteiger partial charge >= 0.3 is 0 Å². The summed E-state index contributed by atoms with van der Waals surface area (Å²) in [7, 11) is 1.60. The Bertz CT molecular complexity index is 1230. The van der Waals surface area contributed by atoms with E-state index in [0.29, 0.717) is 32.0 Å². The van der Waals surface area contributed by atoms with E-state index in [-0.39, 0.29) is 22.7 Å². The third-order valence-corrected chi connectivity index (χ3v) is 5.79. The minimum atomic E-state index is -1.91. The van der Waals surface area contributed by atoms with Crippen molar-refractivity contribution in [1.29, 1.82) is 0 Å². The average molecular weight is 482 g/mol. The third kappa shape index (κ3) is 5.82. The van der Waals surface area contributed by atoms with Crippen molar-refractivity contribution in [1.82, 2.24) is 4.90 Å². The maximum Gasteiger partial charge on any atom is 0.173 e. The lowest BCUT2D eigenvalue weighted by atomic mass is 9.84. The first-order chi connectivity index (χ1) is 16.9. The van der Waals surface area contributed by atoms with Crippen LogP contribution in [-0.4, -0.2) is 30.3 Å². The van der Waals surface area contributed by atoms with Crippen molar-refractivity contribution in [2.75, 3.05) is 20.3 Å². The van der Waals surface area contributed by atoms with Crippen molar-refractivity contribution < 1.29 is 27.4 Å². The van der Waals surface area contributed by atoms with E-state index in [2.05, 4.69) is 0 Å². The quantitative estimate of drug-likeness (QED) is 0.319. The molecule has 182 valence electrons. The Morgan fingerprint density at radius 2 is 1.40 bits per heavy atom. The Balaban J connectivity index is 1.66. The molecule has 0 atom stereocenters. The first-order valence-electron chi connectivity index (χ1n) is 11.2. The molecule has 7 heteroatoms. The maximum absolute atomic E-state index is 14.1. The van der Waals surface area contributed by atoms with Crippen LogP contribution in [0.15, 0.2) is 89.3 Å². The van der Waals surface area contributed by atoms with Gasteiger partial charge in [0.25, 0.3) is 0 Å². The molecule has 0 fully saturated rings. The molecule has 0 aliphatic rings. The average Bonchev–Trinajstić information content (AvgIpc) is 3.31. The highest BCUT2D eigenvalue weighted by Gasteiger charge is 2.38. The van der Waals surface area contributed by atoms with Crippen LogP contribution in [-0.2, 0) is 23.4 Å². The summed E-state index contributed by atoms with van der Waals surface area (Å²) < 4.78 is 53.1. The molecule has 0 saturated carbocycles. The van der Waals surface area contributed by atoms with Crippen LogP contribution in [0.5, 0.6) is 0 Å². The zero-order valence-corrected chi connectivity index (χ0v) is 19.3. The van der Waals surface area contributed by atoms with E-state index in [1.54, 1.807) is 37.4 Å². The highest BCUT2D eigenvalue weighted by molar-refractivity contribution is 5.44. The van der Waals surface area contributed by atoms with Crippen LogP contribution < -0.4 is 0 Å². The van der Waals surface area contributed by atoms with Crippen LogP contribution in [0.25, 0.3) is 0 Å². The molecule has 1 heterocycles. The predicted molar refractivity (Wildman–Crippen MR) is 126 cm³/mol. The third-order valence-electron chi connectivity index (χ3n) is 5.79. The number of halogens is 3. The van der Waals surface area contributed by atoms with Gasteiger partial charge in [0.15, 0.2) is 5.60 Å². The van der Waals surface area contributed by atoms with Crippen LogP contribution in [0, 0.1) is 17.5 Å². The molecule has 35 heavy (non-hydrogen) atoms. The van der Waals surface area contributed by atoms with Gasteiger partial charge in [0.2, 0.25) is 0 Å². The zero-order valence-electron chi connectivity index (χ0n) is 19.3. The van der Waals surface area contributed by atoms with Crippen LogP contribution >= 0.6 is 0 Å². The molecule has 1 aromatic heterocycles. The van der Waals surface area contributed by atoms with Gasteiger partial charge in [0.05, 0.1) is 13.2 Å². The molecule has 4 rings (SSSR count). The van der Waals surface area contributed by atoms with E-state index < -0.39 is 17.2 Å². The van der Waals surface area contributed by atoms with Gasteiger partial charge in [-0.15, -0.1) is 0 Å². The van der Waals surface area contributed by atoms with Crippen molar-refractivity contribution in [2.45, 2.75) is 18.7 Å². The number of nitrogens with zero attached hydrogens (tertiary/aromatic N) is 1. The Morgan fingerprint density at radius 1 is 0.800 bits per heavy atom. The second-order valence-electron chi connectivity index (χ2n) is 8.33. The number of aliphatic hydroxyl groups is 1. The van der Waals surface area contributed by atoms with Gasteiger partial charge in [-0.2, -0.15) is 0 Å². The molecular formula is C28H26F3NO3. The van der Waals surface area contributed by atoms with E-state index >= 15 is 0 Å². The summed E-state index contributed by atoms with van der Waals surface area (Å²) >= 11 is 0. The minimum Gasteiger partial charge on any atom is -0.461 e. The number of benzene rings is 3. The lowest BCUT2D eigenvalue weighted by Crippen LogP contribution is -2.29. The van der Waals surface area contributed by atoms with Gasteiger partial charge in [-0.1, -0.05) is 36.4 Å². The number of methoxy groups -OCH3 is 1. The molecule has 1 N–H and O–H groups in total. The van der Waals surface area contributed by atoms with Gasteiger partial charge in [0.1, 0.15) is 29.0 Å². The lowest BCUT2D eigenvalue weighted by Gasteiger charge is -2.27. The van der Waals surface area contributed by atoms with E-state index in [1.807, 2.05) is 11.0 Å². The van der Waals surface area contributed by atoms with Gasteiger partial charge in [-0.25, -0.2) is 13.2 Å². The van der Waals surface area contributed by atoms with Gasteiger partial charge in [-0.3, -0.25) is 4.90 Å². The number of hydrogen-bond donors (Lipinski definition) is 1. The van der Waals surface area contributed by atoms with Crippen molar-refractivity contribution in [2.24, 2.45) is 0 Å². The number of ether oxygens (including phenoxy) is 1. The van der Waals surface area contributed by atoms with E-state index in [1.165, 1.54) is 48.5 Å². The topological polar surface area (TPSA) is 45.8 Å². The molecular weight excluding hydrogens is 455 g/mol. The molecule has 4 aromatic rings. The SMILES string of the molecule is COCCN(Cc1cccc(F)c1)Cc1ccc(C(O)(c2cccc(F)c2)c2cccc(F)c2)o1. The molecule has 0 radical (unpaired) electrons. The zero-order chi connectivity index (χ0) is 24.8. The fraction of sp³-hybridized carbons (Fsp3) is 0.214. The molecule has 0 aliphatic carbocycles. The molecule has 0 spiro atoms. The molecule has 0 unspecified atom stereocenters. The summed E-state index contributed by atoms with van der Waals surface area (Å²) in [5.74, 6) is -0.737. The lowest BCUT2D eigenvalue weighted by molar-refractivity contribution is 0.0926. The van der Waals surface area contributed by atoms with E-state index in [4.69, 9.17) is 9.15 Å². The molecule has 0 amide bonds. The number of hydrogen-bond acceptors (Lipinski definition) is 4. The van der Waals surface area contributed by atoms with E-state index in [0.717, 1.165) is 5.56 Å². The van der Waals surface area contributed by atoms with Crippen molar-refractivity contribution in [3.8, 4) is 0 Å². The standard InChI is InChI=1S/C28H26F3NO3/c1-34-14-13-32(18-20-5-2-8-23(29)15-20)19-26-11-12-27(35-26)28(33,21-6-3-9-24(30)16-21)22-7-4-10-25(31)17-22/h2-12,15-17,33H,13-14,18-19H2,1H3. The Hall–Kier alpha value is -3.39. The summed E-state index contributed by atoms with van der Waals surface area (Å²) in [6, 6.07) is 20.7. The minimum absolute atomic E-state index is 0.126. The second-order valence-corrected chi connectivity index (χ2v) is 8.33. The fourth-order valence-electron chi connectivity index (χ4n) is 4.08.